The summed E-state index contributed by atoms with van der Waals surface area (Å²) in [4.78, 5) is 51.3. The molecule has 374 valence electrons. The number of benzene rings is 9. The molecule has 1 unspecified atom stereocenters. The van der Waals surface area contributed by atoms with Gasteiger partial charge in [0.15, 0.2) is 0 Å². The van der Waals surface area contributed by atoms with Crippen LogP contribution in [0.25, 0.3) is 0 Å². The normalized spacial score (nSPS) is 14.0. The van der Waals surface area contributed by atoms with Crippen LogP contribution in [0.4, 0.5) is 0 Å². The number of hydrogen-bond donors (Lipinski definition) is 0. The van der Waals surface area contributed by atoms with Crippen LogP contribution in [0.3, 0.4) is 0 Å². The van der Waals surface area contributed by atoms with E-state index < -0.39 is 57.8 Å². The molecule has 9 aromatic rings. The molecule has 0 N–H and O–H groups in total. The summed E-state index contributed by atoms with van der Waals surface area (Å²) in [5.74, 6) is -2.84. The van der Waals surface area contributed by atoms with Gasteiger partial charge in [0.25, 0.3) is 0 Å². The monoisotopic (exact) mass is 1030 g/mol. The van der Waals surface area contributed by atoms with Gasteiger partial charge in [0.05, 0.1) is 0 Å². The second-order valence-electron chi connectivity index (χ2n) is 19.3. The molecule has 0 aliphatic heterocycles. The first-order valence-electron chi connectivity index (χ1n) is 25.7. The van der Waals surface area contributed by atoms with Crippen molar-refractivity contribution >= 4 is 17.9 Å². The topological polar surface area (TPSA) is 78.9 Å². The fourth-order valence-corrected chi connectivity index (χ4v) is 16.2. The van der Waals surface area contributed by atoms with Crippen LogP contribution < -0.4 is 0 Å². The van der Waals surface area contributed by atoms with E-state index in [9.17, 15) is 0 Å². The Morgan fingerprint density at radius 2 is 0.474 bits per heavy atom. The summed E-state index contributed by atoms with van der Waals surface area (Å²) in [6, 6.07) is 85.5. The van der Waals surface area contributed by atoms with Gasteiger partial charge in [-0.2, -0.15) is 0 Å². The van der Waals surface area contributed by atoms with Gasteiger partial charge in [-0.25, -0.2) is 0 Å². The molecule has 9 aromatic carbocycles. The predicted molar refractivity (Wildman–Crippen MR) is 296 cm³/mol. The molecule has 1 aliphatic carbocycles. The molecule has 0 amide bonds. The number of hydrogen-bond acceptors (Lipinski definition) is 6. The average Bonchev–Trinajstić information content (AvgIpc) is 3.77. The minimum atomic E-state index is -6.40. The van der Waals surface area contributed by atoms with Gasteiger partial charge in [0.2, 0.25) is 0 Å². The van der Waals surface area contributed by atoms with Crippen molar-refractivity contribution in [2.24, 2.45) is 5.92 Å². The van der Waals surface area contributed by atoms with Crippen molar-refractivity contribution in [1.82, 2.24) is 0 Å². The molecule has 0 fully saturated rings. The Labute approximate surface area is 450 Å². The Kier molecular flexibility index (Phi) is 14.7. The van der Waals surface area contributed by atoms with Crippen molar-refractivity contribution in [2.75, 3.05) is 0 Å². The molecule has 0 saturated heterocycles. The average molecular weight is 1030 g/mol. The Balaban J connectivity index is 1.33. The van der Waals surface area contributed by atoms with E-state index in [1.54, 1.807) is 0 Å². The van der Waals surface area contributed by atoms with Crippen molar-refractivity contribution in [3.05, 3.63) is 344 Å². The van der Waals surface area contributed by atoms with Gasteiger partial charge in [0, 0.05) is 0 Å². The molecule has 10 rings (SSSR count). The van der Waals surface area contributed by atoms with Crippen molar-refractivity contribution in [3.63, 3.8) is 0 Å². The van der Waals surface area contributed by atoms with Gasteiger partial charge in [-0.1, -0.05) is 0 Å². The Morgan fingerprint density at radius 3 is 0.618 bits per heavy atom. The molecule has 7 heteroatoms. The maximum absolute atomic E-state index is 17.1. The molecule has 6 nitrogen and oxygen atoms in total. The number of rotatable bonds is 16. The van der Waals surface area contributed by atoms with Crippen LogP contribution in [0.5, 0.6) is 0 Å². The number of carbonyl (C=O) groups excluding carboxylic acids is 3. The van der Waals surface area contributed by atoms with Gasteiger partial charge in [-0.3, -0.25) is 0 Å². The molecule has 1 aliphatic rings. The third-order valence-corrected chi connectivity index (χ3v) is 19.9. The zero-order chi connectivity index (χ0) is 52.8. The molecule has 76 heavy (non-hydrogen) atoms. The summed E-state index contributed by atoms with van der Waals surface area (Å²) < 4.78 is 23.3. The summed E-state index contributed by atoms with van der Waals surface area (Å²) in [6.07, 6.45) is 0. The molecule has 0 radical (unpaired) electrons. The van der Waals surface area contributed by atoms with Crippen LogP contribution in [0, 0.1) is 5.92 Å². The molecule has 0 aromatic heterocycles. The van der Waals surface area contributed by atoms with Crippen LogP contribution >= 0.6 is 0 Å². The SMILES string of the molecule is CC1=C(C)C(C)[C]([Ti]([O]C(=O)C(c2ccccc2)(c2ccccc2)c2ccccc2)([O]C(=O)C(c2ccccc2)(c2ccccc2)c2ccccc2)[O]C(=O)C(c2ccccc2)(c2ccccc2)c2ccccc2)=C1C. The molecule has 1 atom stereocenters. The van der Waals surface area contributed by atoms with Crippen LogP contribution in [0.1, 0.15) is 77.8 Å². The van der Waals surface area contributed by atoms with Gasteiger partial charge in [-0.15, -0.1) is 0 Å². The van der Waals surface area contributed by atoms with E-state index in [2.05, 4.69) is 0 Å². The van der Waals surface area contributed by atoms with Gasteiger partial charge in [0.1, 0.15) is 0 Å². The van der Waals surface area contributed by atoms with E-state index in [-0.39, 0.29) is 0 Å². The van der Waals surface area contributed by atoms with Gasteiger partial charge < -0.3 is 0 Å². The second kappa shape index (κ2) is 21.8. The molecular weight excluding hydrogens is 973 g/mol. The molecule has 0 bridgehead atoms. The quantitative estimate of drug-likeness (QED) is 0.0709. The standard InChI is InChI=1S/3C20H16O2.C9H13.Ti/c3*21-19(22)20(16-10-4-1-5-11-16,17-12-6-2-7-13-17)18-14-8-3-9-15-18;1-6-5-7(2)9(4)8(6)3;/h3*1-15H,(H,21,22);6H,1-4H3;/q;;;;+3/p-3. The van der Waals surface area contributed by atoms with Crippen molar-refractivity contribution in [1.29, 1.82) is 0 Å². The summed E-state index contributed by atoms with van der Waals surface area (Å²) in [5, 5.41) is 0. The third-order valence-electron chi connectivity index (χ3n) is 15.4. The van der Waals surface area contributed by atoms with E-state index >= 15 is 14.4 Å². The van der Waals surface area contributed by atoms with Crippen LogP contribution in [0.15, 0.2) is 294 Å². The minimum absolute atomic E-state index is 0.472. The zero-order valence-corrected chi connectivity index (χ0v) is 44.6. The van der Waals surface area contributed by atoms with Gasteiger partial charge >= 0.3 is 454 Å². The van der Waals surface area contributed by atoms with E-state index in [1.165, 1.54) is 0 Å². The Hall–Kier alpha value is -8.42. The summed E-state index contributed by atoms with van der Waals surface area (Å²) in [6.45, 7) is 8.00. The fourth-order valence-electron chi connectivity index (χ4n) is 11.4. The first kappa shape index (κ1) is 51.1. The van der Waals surface area contributed by atoms with Crippen molar-refractivity contribution < 1.29 is 42.1 Å². The van der Waals surface area contributed by atoms with Crippen molar-refractivity contribution in [2.45, 2.75) is 43.9 Å². The van der Waals surface area contributed by atoms with Crippen molar-refractivity contribution in [3.8, 4) is 0 Å². The third kappa shape index (κ3) is 8.77. The fraction of sp³-hybridized carbons (Fsp3) is 0.116. The second-order valence-corrected chi connectivity index (χ2v) is 22.9. The summed E-state index contributed by atoms with van der Waals surface area (Å²) in [7, 11) is 0. The van der Waals surface area contributed by atoms with Crippen LogP contribution in [-0.4, -0.2) is 17.9 Å². The first-order chi connectivity index (χ1) is 37.1. The predicted octanol–water partition coefficient (Wildman–Crippen LogP) is 14.9. The Bertz CT molecular complexity index is 2890. The number of allylic oxidation sites excluding steroid dienone is 4. The first-order valence-corrected chi connectivity index (χ1v) is 28.4. The maximum atomic E-state index is 17.1. The molecule has 0 spiro atoms. The van der Waals surface area contributed by atoms with Gasteiger partial charge in [-0.05, 0) is 0 Å². The van der Waals surface area contributed by atoms with E-state index in [0.717, 1.165) is 16.7 Å². The summed E-state index contributed by atoms with van der Waals surface area (Å²) >= 11 is -6.40. The molecular formula is C69H58O6Ti. The summed E-state index contributed by atoms with van der Waals surface area (Å²) in [5.41, 5.74) is 2.90. The van der Waals surface area contributed by atoms with E-state index in [0.29, 0.717) is 53.9 Å². The zero-order valence-electron chi connectivity index (χ0n) is 43.0. The van der Waals surface area contributed by atoms with E-state index in [4.69, 9.17) is 9.96 Å². The molecule has 0 saturated carbocycles. The van der Waals surface area contributed by atoms with Crippen LogP contribution in [0.2, 0.25) is 0 Å². The number of carbonyl (C=O) groups is 3. The van der Waals surface area contributed by atoms with Crippen LogP contribution in [-0.2, 0) is 58.3 Å². The van der Waals surface area contributed by atoms with E-state index in [1.807, 2.05) is 301 Å². The molecule has 0 heterocycles. The Morgan fingerprint density at radius 1 is 0.303 bits per heavy atom.